The zero-order valence-electron chi connectivity index (χ0n) is 13.6. The molecule has 4 rings (SSSR count). The van der Waals surface area contributed by atoms with Crippen molar-refractivity contribution in [1.29, 1.82) is 0 Å². The fraction of sp³-hybridized carbons (Fsp3) is 0.444. The maximum atomic E-state index is 13.0. The molecule has 2 atom stereocenters. The van der Waals surface area contributed by atoms with Crippen molar-refractivity contribution in [3.63, 3.8) is 0 Å². The summed E-state index contributed by atoms with van der Waals surface area (Å²) in [5.74, 6) is 0.654. The van der Waals surface area contributed by atoms with Crippen molar-refractivity contribution in [1.82, 2.24) is 9.80 Å². The number of fused-ring (bicyclic) bond motifs is 1. The highest BCUT2D eigenvalue weighted by Crippen LogP contribution is 2.35. The molecule has 0 unspecified atom stereocenters. The van der Waals surface area contributed by atoms with Crippen LogP contribution in [0.2, 0.25) is 0 Å². The highest BCUT2D eigenvalue weighted by molar-refractivity contribution is 7.10. The molecule has 0 N–H and O–H groups in total. The van der Waals surface area contributed by atoms with Gasteiger partial charge in [0.25, 0.3) is 0 Å². The zero-order chi connectivity index (χ0) is 16.7. The van der Waals surface area contributed by atoms with Crippen LogP contribution in [0.4, 0.5) is 0 Å². The van der Waals surface area contributed by atoms with Gasteiger partial charge in [-0.25, -0.2) is 0 Å². The van der Waals surface area contributed by atoms with Gasteiger partial charge in [-0.1, -0.05) is 0 Å². The van der Waals surface area contributed by atoms with E-state index in [1.165, 1.54) is 10.4 Å². The van der Waals surface area contributed by atoms with Crippen LogP contribution in [-0.2, 0) is 22.6 Å². The number of likely N-dealkylation sites (tertiary alicyclic amines) is 1. The van der Waals surface area contributed by atoms with Crippen LogP contribution in [0, 0.1) is 5.92 Å². The minimum atomic E-state index is -0.241. The first-order valence-electron chi connectivity index (χ1n) is 8.30. The number of hydrogen-bond donors (Lipinski definition) is 0. The van der Waals surface area contributed by atoms with Crippen LogP contribution in [0.15, 0.2) is 34.3 Å². The SMILES string of the molecule is C[C@@H]1c2ccsc2CCN1C(=O)[C@H]1CC(=O)N(Cc2ccco2)C1. The Morgan fingerprint density at radius 3 is 3.08 bits per heavy atom. The largest absolute Gasteiger partial charge is 0.467 e. The molecule has 2 aromatic heterocycles. The van der Waals surface area contributed by atoms with Crippen molar-refractivity contribution in [2.75, 3.05) is 13.1 Å². The second-order valence-corrected chi connectivity index (χ2v) is 7.51. The summed E-state index contributed by atoms with van der Waals surface area (Å²) in [6, 6.07) is 5.88. The third-order valence-electron chi connectivity index (χ3n) is 5.05. The molecule has 0 spiro atoms. The van der Waals surface area contributed by atoms with Gasteiger partial charge in [-0.2, -0.15) is 0 Å². The molecule has 1 saturated heterocycles. The number of rotatable bonds is 3. The highest BCUT2D eigenvalue weighted by atomic mass is 32.1. The summed E-state index contributed by atoms with van der Waals surface area (Å²) in [5, 5.41) is 2.10. The van der Waals surface area contributed by atoms with Gasteiger partial charge in [0.2, 0.25) is 11.8 Å². The van der Waals surface area contributed by atoms with Gasteiger partial charge >= 0.3 is 0 Å². The summed E-state index contributed by atoms with van der Waals surface area (Å²) < 4.78 is 5.31. The summed E-state index contributed by atoms with van der Waals surface area (Å²) in [7, 11) is 0. The molecule has 4 heterocycles. The molecule has 1 fully saturated rings. The highest BCUT2D eigenvalue weighted by Gasteiger charge is 2.39. The first kappa shape index (κ1) is 15.4. The molecule has 24 heavy (non-hydrogen) atoms. The lowest BCUT2D eigenvalue weighted by Crippen LogP contribution is -2.42. The van der Waals surface area contributed by atoms with Gasteiger partial charge in [0.15, 0.2) is 0 Å². The van der Waals surface area contributed by atoms with Gasteiger partial charge in [-0.15, -0.1) is 11.3 Å². The lowest BCUT2D eigenvalue weighted by atomic mass is 9.98. The van der Waals surface area contributed by atoms with E-state index in [2.05, 4.69) is 18.4 Å². The fourth-order valence-electron chi connectivity index (χ4n) is 3.73. The Balaban J connectivity index is 1.45. The van der Waals surface area contributed by atoms with E-state index in [1.54, 1.807) is 22.5 Å². The lowest BCUT2D eigenvalue weighted by Gasteiger charge is -2.35. The monoisotopic (exact) mass is 344 g/mol. The average molecular weight is 344 g/mol. The molecule has 126 valence electrons. The Morgan fingerprint density at radius 2 is 2.29 bits per heavy atom. The van der Waals surface area contributed by atoms with Gasteiger partial charge in [-0.3, -0.25) is 9.59 Å². The number of thiophene rings is 1. The maximum Gasteiger partial charge on any atom is 0.228 e. The summed E-state index contributed by atoms with van der Waals surface area (Å²) in [5.41, 5.74) is 1.26. The van der Waals surface area contributed by atoms with Crippen LogP contribution in [0.1, 0.15) is 35.6 Å². The number of furan rings is 1. The van der Waals surface area contributed by atoms with Gasteiger partial charge < -0.3 is 14.2 Å². The number of hydrogen-bond acceptors (Lipinski definition) is 4. The Hall–Kier alpha value is -2.08. The van der Waals surface area contributed by atoms with Crippen molar-refractivity contribution < 1.29 is 14.0 Å². The van der Waals surface area contributed by atoms with E-state index in [0.29, 0.717) is 19.5 Å². The number of carbonyl (C=O) groups is 2. The summed E-state index contributed by atoms with van der Waals surface area (Å²) in [6.07, 6.45) is 2.82. The molecule has 2 aliphatic rings. The standard InChI is InChI=1S/C18H20N2O3S/c1-12-15-5-8-24-16(15)4-6-20(12)18(22)13-9-17(21)19(10-13)11-14-3-2-7-23-14/h2-3,5,7-8,12-13H,4,6,9-11H2,1H3/t12-,13+/m1/s1. The van der Waals surface area contributed by atoms with E-state index in [1.807, 2.05) is 17.0 Å². The molecular formula is C18H20N2O3S. The van der Waals surface area contributed by atoms with Crippen LogP contribution in [0.25, 0.3) is 0 Å². The number of amides is 2. The van der Waals surface area contributed by atoms with E-state index < -0.39 is 0 Å². The fourth-order valence-corrected chi connectivity index (χ4v) is 4.69. The molecule has 0 saturated carbocycles. The molecule has 0 aliphatic carbocycles. The van der Waals surface area contributed by atoms with E-state index >= 15 is 0 Å². The topological polar surface area (TPSA) is 53.8 Å². The third-order valence-corrected chi connectivity index (χ3v) is 6.05. The summed E-state index contributed by atoms with van der Waals surface area (Å²) in [4.78, 5) is 30.3. The van der Waals surface area contributed by atoms with E-state index in [4.69, 9.17) is 4.42 Å². The van der Waals surface area contributed by atoms with Gasteiger partial charge in [0.05, 0.1) is 24.8 Å². The molecule has 2 aromatic rings. The second-order valence-electron chi connectivity index (χ2n) is 6.51. The van der Waals surface area contributed by atoms with Crippen molar-refractivity contribution in [3.05, 3.63) is 46.0 Å². The van der Waals surface area contributed by atoms with Crippen LogP contribution in [-0.4, -0.2) is 34.7 Å². The molecule has 0 radical (unpaired) electrons. The Morgan fingerprint density at radius 1 is 1.42 bits per heavy atom. The van der Waals surface area contributed by atoms with Crippen molar-refractivity contribution in [3.8, 4) is 0 Å². The van der Waals surface area contributed by atoms with Crippen LogP contribution in [0.5, 0.6) is 0 Å². The molecule has 2 amide bonds. The predicted octanol–water partition coefficient (Wildman–Crippen LogP) is 2.84. The molecule has 6 heteroatoms. The smallest absolute Gasteiger partial charge is 0.228 e. The first-order chi connectivity index (χ1) is 11.6. The molecule has 0 aromatic carbocycles. The van der Waals surface area contributed by atoms with Crippen LogP contribution in [0.3, 0.4) is 0 Å². The van der Waals surface area contributed by atoms with E-state index in [9.17, 15) is 9.59 Å². The normalized spacial score (nSPS) is 23.6. The zero-order valence-corrected chi connectivity index (χ0v) is 14.4. The Bertz CT molecular complexity index is 752. The van der Waals surface area contributed by atoms with Gasteiger partial charge in [-0.05, 0) is 42.5 Å². The molecule has 2 aliphatic heterocycles. The first-order valence-corrected chi connectivity index (χ1v) is 9.18. The predicted molar refractivity (Wildman–Crippen MR) is 90.4 cm³/mol. The Labute approximate surface area is 144 Å². The van der Waals surface area contributed by atoms with Crippen LogP contribution < -0.4 is 0 Å². The second kappa shape index (κ2) is 6.09. The maximum absolute atomic E-state index is 13.0. The summed E-state index contributed by atoms with van der Waals surface area (Å²) >= 11 is 1.77. The van der Waals surface area contributed by atoms with E-state index in [0.717, 1.165) is 18.7 Å². The summed E-state index contributed by atoms with van der Waals surface area (Å²) in [6.45, 7) is 3.76. The quantitative estimate of drug-likeness (QED) is 0.860. The van der Waals surface area contributed by atoms with Crippen molar-refractivity contribution >= 4 is 23.2 Å². The van der Waals surface area contributed by atoms with Gasteiger partial charge in [0, 0.05) is 24.4 Å². The third kappa shape index (κ3) is 2.65. The van der Waals surface area contributed by atoms with Crippen molar-refractivity contribution in [2.24, 2.45) is 5.92 Å². The molecule has 5 nitrogen and oxygen atoms in total. The minimum absolute atomic E-state index is 0.0330. The average Bonchev–Trinajstić information content (AvgIpc) is 3.30. The number of carbonyl (C=O) groups excluding carboxylic acids is 2. The van der Waals surface area contributed by atoms with E-state index in [-0.39, 0.29) is 23.8 Å². The lowest BCUT2D eigenvalue weighted by molar-refractivity contribution is -0.138. The minimum Gasteiger partial charge on any atom is -0.467 e. The number of nitrogens with zero attached hydrogens (tertiary/aromatic N) is 2. The van der Waals surface area contributed by atoms with Gasteiger partial charge in [0.1, 0.15) is 5.76 Å². The van der Waals surface area contributed by atoms with Crippen LogP contribution >= 0.6 is 11.3 Å². The van der Waals surface area contributed by atoms with Crippen molar-refractivity contribution in [2.45, 2.75) is 32.4 Å². The molecule has 0 bridgehead atoms. The molecular weight excluding hydrogens is 324 g/mol. The Kier molecular flexibility index (Phi) is 3.92.